The van der Waals surface area contributed by atoms with Crippen molar-refractivity contribution in [3.05, 3.63) is 149 Å². The van der Waals surface area contributed by atoms with Gasteiger partial charge >= 0.3 is 0 Å². The van der Waals surface area contributed by atoms with Gasteiger partial charge in [-0.15, -0.1) is 0 Å². The number of fused-ring (bicyclic) bond motifs is 12. The average Bonchev–Trinajstić information content (AvgIpc) is 3.62. The molecule has 6 aromatic rings. The minimum atomic E-state index is -1.74. The van der Waals surface area contributed by atoms with Gasteiger partial charge in [0.05, 0.1) is 19.2 Å². The van der Waals surface area contributed by atoms with Crippen LogP contribution in [0, 0.1) is 0 Å². The Bertz CT molecular complexity index is 3060. The minimum Gasteiger partial charge on any atom is -0.335 e. The highest BCUT2D eigenvalue weighted by atomic mass is 28.3. The number of hydrogen-bond acceptors (Lipinski definition) is 3. The molecular weight excluding hydrogens is 814 g/mol. The standard InChI is InChI=1S/C61H70BN3Si/c1-56(2,3)40-22-20-23-42(33-40)63-51-34-41(57(4,5)6)27-28-48(51)62-49-38-44(66(11,12)13)37-47-55(49)65(60(9)31-19-18-30-58(47,60)7)53-36-43(35-52(63)54(53)62)64-50-26-17-16-25-46(50)59(8)32-29-39-21-14-15-24-45(39)61(59,64)10/h14-17,20-28,33-38H,18-19,29-32H2,1-13H3. The van der Waals surface area contributed by atoms with Gasteiger partial charge in [-0.1, -0.05) is 172 Å². The number of rotatable bonds is 3. The van der Waals surface area contributed by atoms with Gasteiger partial charge in [0, 0.05) is 50.6 Å². The molecule has 0 saturated heterocycles. The number of hydrogen-bond donors (Lipinski definition) is 0. The smallest absolute Gasteiger partial charge is 0.252 e. The number of aryl methyl sites for hydroxylation is 1. The first-order valence-corrected chi connectivity index (χ1v) is 28.8. The lowest BCUT2D eigenvalue weighted by molar-refractivity contribution is 0.195. The van der Waals surface area contributed by atoms with Gasteiger partial charge in [0.2, 0.25) is 0 Å². The van der Waals surface area contributed by atoms with Crippen molar-refractivity contribution in [3.8, 4) is 0 Å². The molecule has 4 heterocycles. The van der Waals surface area contributed by atoms with Crippen LogP contribution in [0.5, 0.6) is 0 Å². The van der Waals surface area contributed by atoms with E-state index < -0.39 is 8.07 Å². The van der Waals surface area contributed by atoms with Gasteiger partial charge in [-0.2, -0.15) is 0 Å². The summed E-state index contributed by atoms with van der Waals surface area (Å²) in [6.45, 7) is 32.5. The first-order chi connectivity index (χ1) is 31.1. The van der Waals surface area contributed by atoms with Crippen molar-refractivity contribution < 1.29 is 0 Å². The lowest BCUT2D eigenvalue weighted by Gasteiger charge is -2.54. The predicted octanol–water partition coefficient (Wildman–Crippen LogP) is 13.5. The zero-order valence-corrected chi connectivity index (χ0v) is 43.1. The molecule has 66 heavy (non-hydrogen) atoms. The number of benzene rings is 6. The molecule has 1 saturated carbocycles. The van der Waals surface area contributed by atoms with E-state index in [1.54, 1.807) is 10.8 Å². The molecule has 2 aliphatic carbocycles. The Balaban J connectivity index is 1.25. The van der Waals surface area contributed by atoms with E-state index in [2.05, 4.69) is 219 Å². The Hall–Kier alpha value is -5.00. The highest BCUT2D eigenvalue weighted by molar-refractivity contribution is 7.01. The van der Waals surface area contributed by atoms with Crippen LogP contribution in [0.4, 0.5) is 39.8 Å². The van der Waals surface area contributed by atoms with E-state index in [0.717, 1.165) is 12.8 Å². The van der Waals surface area contributed by atoms with Crippen LogP contribution in [0.2, 0.25) is 19.6 Å². The molecule has 6 aromatic carbocycles. The third-order valence-electron chi connectivity index (χ3n) is 18.7. The van der Waals surface area contributed by atoms with Gasteiger partial charge < -0.3 is 14.7 Å². The van der Waals surface area contributed by atoms with E-state index in [4.69, 9.17) is 0 Å². The highest BCUT2D eigenvalue weighted by Crippen LogP contribution is 2.66. The van der Waals surface area contributed by atoms with E-state index in [0.29, 0.717) is 0 Å². The summed E-state index contributed by atoms with van der Waals surface area (Å²) in [6, 6.07) is 46.7. The van der Waals surface area contributed by atoms with Gasteiger partial charge in [-0.25, -0.2) is 0 Å². The number of nitrogens with zero attached hydrogens (tertiary/aromatic N) is 3. The molecule has 3 nitrogen and oxygen atoms in total. The third kappa shape index (κ3) is 5.33. The maximum atomic E-state index is 2.96. The zero-order chi connectivity index (χ0) is 46.3. The fraction of sp³-hybridized carbons (Fsp3) is 0.410. The minimum absolute atomic E-state index is 0.00343. The van der Waals surface area contributed by atoms with E-state index in [-0.39, 0.29) is 39.5 Å². The molecule has 0 bridgehead atoms. The van der Waals surface area contributed by atoms with E-state index >= 15 is 0 Å². The van der Waals surface area contributed by atoms with E-state index in [9.17, 15) is 0 Å². The molecule has 0 radical (unpaired) electrons. The van der Waals surface area contributed by atoms with Gasteiger partial charge in [0.15, 0.2) is 0 Å². The maximum Gasteiger partial charge on any atom is 0.252 e. The van der Waals surface area contributed by atoms with Crippen molar-refractivity contribution in [2.75, 3.05) is 14.7 Å². The molecule has 0 aromatic heterocycles. The molecule has 4 unspecified atom stereocenters. The van der Waals surface area contributed by atoms with Gasteiger partial charge in [-0.3, -0.25) is 0 Å². The van der Waals surface area contributed by atoms with Crippen LogP contribution in [0.25, 0.3) is 0 Å². The second-order valence-electron chi connectivity index (χ2n) is 25.3. The van der Waals surface area contributed by atoms with Gasteiger partial charge in [-0.05, 0) is 137 Å². The van der Waals surface area contributed by atoms with Crippen molar-refractivity contribution in [2.45, 2.75) is 160 Å². The quantitative estimate of drug-likeness (QED) is 0.164. The van der Waals surface area contributed by atoms with Crippen LogP contribution >= 0.6 is 0 Å². The molecule has 12 rings (SSSR count). The Kier molecular flexibility index (Phi) is 8.58. The molecule has 5 heteroatoms. The largest absolute Gasteiger partial charge is 0.335 e. The van der Waals surface area contributed by atoms with E-state index in [1.807, 2.05) is 0 Å². The van der Waals surface area contributed by atoms with Gasteiger partial charge in [0.1, 0.15) is 0 Å². The molecule has 0 spiro atoms. The van der Waals surface area contributed by atoms with Crippen molar-refractivity contribution in [2.24, 2.45) is 0 Å². The molecular formula is C61H70BN3Si. The van der Waals surface area contributed by atoms with Crippen LogP contribution in [0.3, 0.4) is 0 Å². The summed E-state index contributed by atoms with van der Waals surface area (Å²) in [7, 11) is -1.74. The fourth-order valence-corrected chi connectivity index (χ4v) is 15.6. The van der Waals surface area contributed by atoms with Crippen LogP contribution < -0.4 is 36.3 Å². The van der Waals surface area contributed by atoms with Crippen molar-refractivity contribution in [1.82, 2.24) is 0 Å². The normalized spacial score (nSPS) is 25.7. The summed E-state index contributed by atoms with van der Waals surface area (Å²) in [4.78, 5) is 8.49. The summed E-state index contributed by atoms with van der Waals surface area (Å²) in [5.74, 6) is 0. The van der Waals surface area contributed by atoms with Crippen LogP contribution in [0.1, 0.15) is 135 Å². The Morgan fingerprint density at radius 1 is 0.530 bits per heavy atom. The molecule has 4 atom stereocenters. The summed E-state index contributed by atoms with van der Waals surface area (Å²) in [6.07, 6.45) is 7.15. The average molecular weight is 884 g/mol. The molecule has 1 fully saturated rings. The Morgan fingerprint density at radius 2 is 1.21 bits per heavy atom. The monoisotopic (exact) mass is 884 g/mol. The topological polar surface area (TPSA) is 9.72 Å². The Morgan fingerprint density at radius 3 is 1.95 bits per heavy atom. The van der Waals surface area contributed by atoms with Crippen molar-refractivity contribution in [3.63, 3.8) is 0 Å². The third-order valence-corrected chi connectivity index (χ3v) is 20.7. The lowest BCUT2D eigenvalue weighted by atomic mass is 9.33. The van der Waals surface area contributed by atoms with Crippen LogP contribution in [-0.2, 0) is 33.6 Å². The highest BCUT2D eigenvalue weighted by Gasteiger charge is 2.63. The maximum absolute atomic E-state index is 2.96. The van der Waals surface area contributed by atoms with E-state index in [1.165, 1.54) is 110 Å². The molecule has 0 amide bonds. The molecule has 6 aliphatic rings. The fourth-order valence-electron chi connectivity index (χ4n) is 14.4. The molecule has 0 N–H and O–H groups in total. The number of para-hydroxylation sites is 1. The van der Waals surface area contributed by atoms with Crippen molar-refractivity contribution in [1.29, 1.82) is 0 Å². The first-order valence-electron chi connectivity index (χ1n) is 25.3. The van der Waals surface area contributed by atoms with Crippen molar-refractivity contribution >= 4 is 76.2 Å². The SMILES string of the molecule is CC(C)(C)c1cccc(N2c3cc(C(C)(C)C)ccc3B3c4cc([Si](C)(C)C)cc5c4N(c4cc(N6c7ccccc7C7(C)CCc8ccccc8C67C)cc2c43)C2(C)CCCCC52C)c1. The summed E-state index contributed by atoms with van der Waals surface area (Å²) in [5.41, 5.74) is 22.2. The van der Waals surface area contributed by atoms with Crippen LogP contribution in [0.15, 0.2) is 115 Å². The summed E-state index contributed by atoms with van der Waals surface area (Å²) < 4.78 is 0. The molecule has 4 aliphatic heterocycles. The molecule has 336 valence electrons. The lowest BCUT2D eigenvalue weighted by Crippen LogP contribution is -2.65. The van der Waals surface area contributed by atoms with Crippen LogP contribution in [-0.4, -0.2) is 20.3 Å². The van der Waals surface area contributed by atoms with Gasteiger partial charge in [0.25, 0.3) is 6.71 Å². The summed E-state index contributed by atoms with van der Waals surface area (Å²) in [5, 5.41) is 1.60. The second kappa shape index (κ2) is 13.4. The first kappa shape index (κ1) is 42.4. The zero-order valence-electron chi connectivity index (χ0n) is 42.1. The Labute approximate surface area is 397 Å². The number of anilines is 7. The predicted molar refractivity (Wildman–Crippen MR) is 287 cm³/mol. The summed E-state index contributed by atoms with van der Waals surface area (Å²) >= 11 is 0. The second-order valence-corrected chi connectivity index (χ2v) is 30.3.